The Morgan fingerprint density at radius 1 is 1.24 bits per heavy atom. The molecule has 1 N–H and O–H groups in total. The number of carboxylic acids is 1. The van der Waals surface area contributed by atoms with Crippen molar-refractivity contribution in [2.75, 3.05) is 33.4 Å². The van der Waals surface area contributed by atoms with Crippen molar-refractivity contribution in [2.45, 2.75) is 43.9 Å². The van der Waals surface area contributed by atoms with E-state index in [1.54, 1.807) is 7.11 Å². The van der Waals surface area contributed by atoms with E-state index in [1.807, 2.05) is 6.07 Å². The molecule has 2 aliphatic rings. The van der Waals surface area contributed by atoms with Gasteiger partial charge < -0.3 is 19.3 Å². The minimum absolute atomic E-state index is 0.202. The highest BCUT2D eigenvalue weighted by atomic mass is 16.7. The summed E-state index contributed by atoms with van der Waals surface area (Å²) in [5, 5.41) is 11.6. The van der Waals surface area contributed by atoms with E-state index in [1.165, 1.54) is 10.9 Å². The van der Waals surface area contributed by atoms with Crippen LogP contribution in [0.15, 0.2) is 36.4 Å². The number of ether oxygens (including phenoxy) is 3. The first-order valence-electron chi connectivity index (χ1n) is 10.4. The minimum atomic E-state index is -0.705. The Labute approximate surface area is 171 Å². The van der Waals surface area contributed by atoms with Gasteiger partial charge in [-0.25, -0.2) is 0 Å². The third-order valence-electron chi connectivity index (χ3n) is 6.06. The van der Waals surface area contributed by atoms with Gasteiger partial charge in [0.05, 0.1) is 20.3 Å². The van der Waals surface area contributed by atoms with Crippen LogP contribution in [-0.2, 0) is 14.3 Å². The van der Waals surface area contributed by atoms with Gasteiger partial charge >= 0.3 is 5.97 Å². The molecule has 2 aromatic carbocycles. The molecule has 2 heterocycles. The van der Waals surface area contributed by atoms with Gasteiger partial charge in [-0.2, -0.15) is 0 Å². The third-order valence-corrected chi connectivity index (χ3v) is 6.06. The maximum Gasteiger partial charge on any atom is 0.320 e. The molecule has 4 rings (SSSR count). The van der Waals surface area contributed by atoms with Crippen LogP contribution in [0.3, 0.4) is 0 Å². The molecule has 0 saturated carbocycles. The number of fused-ring (bicyclic) bond motifs is 1. The predicted molar refractivity (Wildman–Crippen MR) is 110 cm³/mol. The Hall–Kier alpha value is -2.15. The van der Waals surface area contributed by atoms with Gasteiger partial charge in [-0.15, -0.1) is 0 Å². The molecule has 2 aliphatic heterocycles. The lowest BCUT2D eigenvalue weighted by molar-refractivity contribution is -0.190. The lowest BCUT2D eigenvalue weighted by atomic mass is 9.94. The van der Waals surface area contributed by atoms with E-state index in [4.69, 9.17) is 14.2 Å². The molecular weight excluding hydrogens is 370 g/mol. The second-order valence-electron chi connectivity index (χ2n) is 7.90. The molecule has 0 unspecified atom stereocenters. The Morgan fingerprint density at radius 2 is 2.07 bits per heavy atom. The van der Waals surface area contributed by atoms with Gasteiger partial charge in [0.15, 0.2) is 6.29 Å². The number of methoxy groups -OCH3 is 1. The first-order chi connectivity index (χ1) is 14.2. The summed E-state index contributed by atoms with van der Waals surface area (Å²) >= 11 is 0. The molecule has 0 aromatic heterocycles. The van der Waals surface area contributed by atoms with Crippen LogP contribution in [0.1, 0.15) is 37.2 Å². The zero-order chi connectivity index (χ0) is 20.2. The van der Waals surface area contributed by atoms with Crippen molar-refractivity contribution in [3.8, 4) is 5.75 Å². The molecule has 0 amide bonds. The van der Waals surface area contributed by atoms with Gasteiger partial charge in [-0.05, 0) is 67.2 Å². The van der Waals surface area contributed by atoms with Crippen molar-refractivity contribution in [1.82, 2.24) is 4.90 Å². The topological polar surface area (TPSA) is 68.2 Å². The Kier molecular flexibility index (Phi) is 6.33. The molecule has 0 spiro atoms. The smallest absolute Gasteiger partial charge is 0.320 e. The van der Waals surface area contributed by atoms with Crippen LogP contribution in [0.4, 0.5) is 0 Å². The monoisotopic (exact) mass is 399 g/mol. The molecule has 0 aliphatic carbocycles. The number of aliphatic carboxylic acids is 1. The molecule has 2 aromatic rings. The molecule has 1 atom stereocenters. The molecule has 6 nitrogen and oxygen atoms in total. The number of carbonyl (C=O) groups is 1. The molecule has 29 heavy (non-hydrogen) atoms. The number of rotatable bonds is 7. The summed E-state index contributed by atoms with van der Waals surface area (Å²) < 4.78 is 17.3. The Morgan fingerprint density at radius 3 is 2.83 bits per heavy atom. The second-order valence-corrected chi connectivity index (χ2v) is 7.90. The van der Waals surface area contributed by atoms with Crippen molar-refractivity contribution in [2.24, 2.45) is 0 Å². The summed E-state index contributed by atoms with van der Waals surface area (Å²) in [5.74, 6) is 0.357. The van der Waals surface area contributed by atoms with Crippen molar-refractivity contribution in [3.63, 3.8) is 0 Å². The summed E-state index contributed by atoms with van der Waals surface area (Å²) in [4.78, 5) is 13.3. The molecular formula is C23H29NO5. The van der Waals surface area contributed by atoms with Crippen LogP contribution in [0.25, 0.3) is 10.8 Å². The first-order valence-corrected chi connectivity index (χ1v) is 10.4. The Balaban J connectivity index is 1.30. The van der Waals surface area contributed by atoms with Gasteiger partial charge in [-0.3, -0.25) is 9.69 Å². The van der Waals surface area contributed by atoms with Gasteiger partial charge in [0.2, 0.25) is 0 Å². The predicted octanol–water partition coefficient (Wildman–Crippen LogP) is 3.63. The highest BCUT2D eigenvalue weighted by Gasteiger charge is 2.30. The van der Waals surface area contributed by atoms with Gasteiger partial charge in [-0.1, -0.05) is 24.3 Å². The van der Waals surface area contributed by atoms with Crippen LogP contribution in [0, 0.1) is 0 Å². The Bertz CT molecular complexity index is 846. The minimum Gasteiger partial charge on any atom is -0.497 e. The number of nitrogens with zero attached hydrogens (tertiary/aromatic N) is 1. The quantitative estimate of drug-likeness (QED) is 0.767. The molecule has 0 radical (unpaired) electrons. The van der Waals surface area contributed by atoms with Crippen molar-refractivity contribution >= 4 is 16.7 Å². The van der Waals surface area contributed by atoms with E-state index in [2.05, 4.69) is 35.2 Å². The van der Waals surface area contributed by atoms with Crippen molar-refractivity contribution < 1.29 is 24.1 Å². The van der Waals surface area contributed by atoms with Crippen LogP contribution in [0.5, 0.6) is 5.75 Å². The standard InChI is InChI=1S/C23H29NO5/c1-27-18-9-10-20-16(13-18)5-2-6-19(20)17-14-28-22(29-15-17)8-4-12-24-11-3-7-21(24)23(25)26/h2,5-6,9-10,13,17,21-22H,3-4,7-8,11-12,14-15H2,1H3,(H,25,26)/t17?,21-,22?/m0/s1. The first kappa shape index (κ1) is 20.1. The normalized spacial score (nSPS) is 25.3. The van der Waals surface area contributed by atoms with Crippen LogP contribution in [-0.4, -0.2) is 61.7 Å². The third kappa shape index (κ3) is 4.55. The second kappa shape index (κ2) is 9.11. The molecule has 2 fully saturated rings. The van der Waals surface area contributed by atoms with Crippen LogP contribution in [0.2, 0.25) is 0 Å². The molecule has 0 bridgehead atoms. The molecule has 156 valence electrons. The zero-order valence-corrected chi connectivity index (χ0v) is 16.9. The summed E-state index contributed by atoms with van der Waals surface area (Å²) in [7, 11) is 1.68. The average Bonchev–Trinajstić information content (AvgIpc) is 3.22. The average molecular weight is 399 g/mol. The van der Waals surface area contributed by atoms with E-state index in [0.717, 1.165) is 49.9 Å². The number of hydrogen-bond donors (Lipinski definition) is 1. The number of benzene rings is 2. The van der Waals surface area contributed by atoms with Crippen molar-refractivity contribution in [1.29, 1.82) is 0 Å². The van der Waals surface area contributed by atoms with E-state index in [0.29, 0.717) is 13.2 Å². The van der Waals surface area contributed by atoms with Gasteiger partial charge in [0, 0.05) is 5.92 Å². The van der Waals surface area contributed by atoms with Gasteiger partial charge in [0.1, 0.15) is 11.8 Å². The number of likely N-dealkylation sites (tertiary alicyclic amines) is 1. The van der Waals surface area contributed by atoms with Crippen LogP contribution >= 0.6 is 0 Å². The summed E-state index contributed by atoms with van der Waals surface area (Å²) in [6.45, 7) is 2.93. The zero-order valence-electron chi connectivity index (χ0n) is 16.9. The highest BCUT2D eigenvalue weighted by Crippen LogP contribution is 2.31. The molecule has 2 saturated heterocycles. The van der Waals surface area contributed by atoms with Crippen LogP contribution < -0.4 is 4.74 Å². The largest absolute Gasteiger partial charge is 0.497 e. The summed E-state index contributed by atoms with van der Waals surface area (Å²) in [5.41, 5.74) is 1.24. The SMILES string of the molecule is COc1ccc2c(C3COC(CCCN4CCC[C@H]4C(=O)O)OC3)cccc2c1. The summed E-state index contributed by atoms with van der Waals surface area (Å²) in [6, 6.07) is 12.1. The lowest BCUT2D eigenvalue weighted by Gasteiger charge is -2.31. The van der Waals surface area contributed by atoms with E-state index in [9.17, 15) is 9.90 Å². The highest BCUT2D eigenvalue weighted by molar-refractivity contribution is 5.87. The van der Waals surface area contributed by atoms with E-state index in [-0.39, 0.29) is 18.2 Å². The van der Waals surface area contributed by atoms with E-state index < -0.39 is 5.97 Å². The van der Waals surface area contributed by atoms with Crippen molar-refractivity contribution in [3.05, 3.63) is 42.0 Å². The fourth-order valence-corrected chi connectivity index (χ4v) is 4.49. The number of carboxylic acid groups (broad SMARTS) is 1. The number of hydrogen-bond acceptors (Lipinski definition) is 5. The fourth-order valence-electron chi connectivity index (χ4n) is 4.49. The lowest BCUT2D eigenvalue weighted by Crippen LogP contribution is -2.37. The van der Waals surface area contributed by atoms with E-state index >= 15 is 0 Å². The molecule has 6 heteroatoms. The fraction of sp³-hybridized carbons (Fsp3) is 0.522. The summed E-state index contributed by atoms with van der Waals surface area (Å²) in [6.07, 6.45) is 3.19. The maximum absolute atomic E-state index is 11.3. The maximum atomic E-state index is 11.3. The van der Waals surface area contributed by atoms with Gasteiger partial charge in [0.25, 0.3) is 0 Å².